The SMILES string of the molecule is O=[N+]([O-])c1c(Nc2ccccn2)cc(NCCC2=CCCCC2)c2nonc12. The minimum absolute atomic E-state index is 0.102. The molecule has 1 aliphatic rings. The Labute approximate surface area is 161 Å². The number of nitrogens with one attached hydrogen (secondary N) is 2. The van der Waals surface area contributed by atoms with Crippen LogP contribution in [0, 0.1) is 10.1 Å². The number of nitro groups is 1. The van der Waals surface area contributed by atoms with Gasteiger partial charge < -0.3 is 10.6 Å². The summed E-state index contributed by atoms with van der Waals surface area (Å²) in [5.41, 5.74) is 2.62. The van der Waals surface area contributed by atoms with E-state index < -0.39 is 4.92 Å². The first-order chi connectivity index (χ1) is 13.7. The highest BCUT2D eigenvalue weighted by molar-refractivity contribution is 6.00. The van der Waals surface area contributed by atoms with Crippen molar-refractivity contribution in [3.05, 3.63) is 52.2 Å². The molecule has 0 unspecified atom stereocenters. The number of allylic oxidation sites excluding steroid dienone is 1. The molecule has 28 heavy (non-hydrogen) atoms. The maximum atomic E-state index is 11.7. The van der Waals surface area contributed by atoms with E-state index in [0.717, 1.165) is 19.3 Å². The highest BCUT2D eigenvalue weighted by atomic mass is 16.6. The van der Waals surface area contributed by atoms with Crippen LogP contribution in [0.4, 0.5) is 22.9 Å². The molecule has 1 aromatic carbocycles. The first-order valence-electron chi connectivity index (χ1n) is 9.26. The first-order valence-corrected chi connectivity index (χ1v) is 9.26. The van der Waals surface area contributed by atoms with E-state index in [0.29, 0.717) is 23.6 Å². The van der Waals surface area contributed by atoms with Crippen molar-refractivity contribution >= 4 is 33.9 Å². The maximum Gasteiger partial charge on any atom is 0.324 e. The third-order valence-electron chi connectivity index (χ3n) is 4.77. The largest absolute Gasteiger partial charge is 0.383 e. The second-order valence-electron chi connectivity index (χ2n) is 6.66. The van der Waals surface area contributed by atoms with Gasteiger partial charge in [0.25, 0.3) is 0 Å². The van der Waals surface area contributed by atoms with Gasteiger partial charge in [-0.1, -0.05) is 17.7 Å². The molecule has 2 heterocycles. The summed E-state index contributed by atoms with van der Waals surface area (Å²) in [6, 6.07) is 6.97. The molecule has 9 heteroatoms. The highest BCUT2D eigenvalue weighted by Crippen LogP contribution is 2.38. The van der Waals surface area contributed by atoms with Crippen LogP contribution in [0.5, 0.6) is 0 Å². The summed E-state index contributed by atoms with van der Waals surface area (Å²) in [4.78, 5) is 15.3. The fourth-order valence-corrected chi connectivity index (χ4v) is 3.41. The van der Waals surface area contributed by atoms with Crippen LogP contribution in [-0.4, -0.2) is 26.8 Å². The molecule has 144 valence electrons. The number of hydrogen-bond donors (Lipinski definition) is 2. The van der Waals surface area contributed by atoms with Crippen LogP contribution in [0.2, 0.25) is 0 Å². The standard InChI is InChI=1S/C19H20N6O3/c26-25(27)19-15(22-16-8-4-5-10-21-16)12-14(17-18(19)24-28-23-17)20-11-9-13-6-2-1-3-7-13/h4-6,8,10,12,20H,1-3,7,9,11H2,(H,21,22). The zero-order valence-corrected chi connectivity index (χ0v) is 15.2. The number of anilines is 3. The van der Waals surface area contributed by atoms with Gasteiger partial charge in [0.15, 0.2) is 5.52 Å². The number of rotatable bonds is 7. The number of fused-ring (bicyclic) bond motifs is 1. The molecule has 2 aromatic heterocycles. The van der Waals surface area contributed by atoms with Gasteiger partial charge in [0.2, 0.25) is 5.52 Å². The molecule has 0 atom stereocenters. The van der Waals surface area contributed by atoms with Gasteiger partial charge in [-0.05, 0) is 60.6 Å². The number of nitro benzene ring substituents is 1. The smallest absolute Gasteiger partial charge is 0.324 e. The second-order valence-corrected chi connectivity index (χ2v) is 6.66. The minimum Gasteiger partial charge on any atom is -0.383 e. The molecule has 0 fully saturated rings. The number of aromatic nitrogens is 3. The van der Waals surface area contributed by atoms with Crippen molar-refractivity contribution < 1.29 is 9.55 Å². The molecule has 3 aromatic rings. The molecule has 0 spiro atoms. The Morgan fingerprint density at radius 1 is 1.18 bits per heavy atom. The summed E-state index contributed by atoms with van der Waals surface area (Å²) in [6.45, 7) is 0.703. The maximum absolute atomic E-state index is 11.7. The molecule has 2 N–H and O–H groups in total. The van der Waals surface area contributed by atoms with Gasteiger partial charge in [-0.25, -0.2) is 9.61 Å². The van der Waals surface area contributed by atoms with Crippen molar-refractivity contribution in [2.75, 3.05) is 17.2 Å². The molecule has 4 rings (SSSR count). The predicted octanol–water partition coefficient (Wildman–Crippen LogP) is 4.57. The Hall–Kier alpha value is -3.49. The van der Waals surface area contributed by atoms with Crippen LogP contribution >= 0.6 is 0 Å². The van der Waals surface area contributed by atoms with E-state index in [9.17, 15) is 10.1 Å². The van der Waals surface area contributed by atoms with Gasteiger partial charge in [0.05, 0.1) is 10.6 Å². The topological polar surface area (TPSA) is 119 Å². The van der Waals surface area contributed by atoms with Crippen molar-refractivity contribution in [1.82, 2.24) is 15.3 Å². The van der Waals surface area contributed by atoms with Crippen molar-refractivity contribution in [2.45, 2.75) is 32.1 Å². The van der Waals surface area contributed by atoms with Crippen LogP contribution < -0.4 is 10.6 Å². The summed E-state index contributed by atoms with van der Waals surface area (Å²) < 4.78 is 4.80. The van der Waals surface area contributed by atoms with Crippen LogP contribution in [0.1, 0.15) is 32.1 Å². The molecule has 9 nitrogen and oxygen atoms in total. The fraction of sp³-hybridized carbons (Fsp3) is 0.316. The van der Waals surface area contributed by atoms with Crippen LogP contribution in [0.15, 0.2) is 46.7 Å². The van der Waals surface area contributed by atoms with Crippen molar-refractivity contribution in [3.8, 4) is 0 Å². The van der Waals surface area contributed by atoms with Gasteiger partial charge in [0, 0.05) is 12.7 Å². The van der Waals surface area contributed by atoms with E-state index in [2.05, 4.69) is 32.0 Å². The van der Waals surface area contributed by atoms with Crippen LogP contribution in [-0.2, 0) is 0 Å². The third kappa shape index (κ3) is 3.78. The highest BCUT2D eigenvalue weighted by Gasteiger charge is 2.26. The van der Waals surface area contributed by atoms with E-state index in [1.807, 2.05) is 0 Å². The monoisotopic (exact) mass is 380 g/mol. The lowest BCUT2D eigenvalue weighted by atomic mass is 9.97. The molecule has 0 aliphatic heterocycles. The molecular weight excluding hydrogens is 360 g/mol. The van der Waals surface area contributed by atoms with E-state index >= 15 is 0 Å². The normalized spacial score (nSPS) is 13.9. The molecule has 0 bridgehead atoms. The van der Waals surface area contributed by atoms with Crippen molar-refractivity contribution in [3.63, 3.8) is 0 Å². The lowest BCUT2D eigenvalue weighted by molar-refractivity contribution is -0.382. The molecular formula is C19H20N6O3. The number of pyridine rings is 1. The molecule has 0 saturated heterocycles. The minimum atomic E-state index is -0.492. The number of benzene rings is 1. The summed E-state index contributed by atoms with van der Waals surface area (Å²) in [7, 11) is 0. The Morgan fingerprint density at radius 2 is 2.07 bits per heavy atom. The summed E-state index contributed by atoms with van der Waals surface area (Å²) in [5, 5.41) is 25.6. The lowest BCUT2D eigenvalue weighted by Crippen LogP contribution is -2.07. The average molecular weight is 380 g/mol. The average Bonchev–Trinajstić information content (AvgIpc) is 3.19. The third-order valence-corrected chi connectivity index (χ3v) is 4.77. The van der Waals surface area contributed by atoms with E-state index in [-0.39, 0.29) is 16.9 Å². The van der Waals surface area contributed by atoms with E-state index in [4.69, 9.17) is 4.63 Å². The Kier molecular flexibility index (Phi) is 5.14. The van der Waals surface area contributed by atoms with Gasteiger partial charge in [-0.15, -0.1) is 0 Å². The Bertz CT molecular complexity index is 1020. The van der Waals surface area contributed by atoms with Crippen LogP contribution in [0.25, 0.3) is 11.0 Å². The summed E-state index contributed by atoms with van der Waals surface area (Å²) >= 11 is 0. The quantitative estimate of drug-likeness (QED) is 0.347. The first kappa shape index (κ1) is 17.9. The van der Waals surface area contributed by atoms with Gasteiger partial charge in [-0.2, -0.15) is 0 Å². The van der Waals surface area contributed by atoms with Gasteiger partial charge >= 0.3 is 5.69 Å². The zero-order valence-electron chi connectivity index (χ0n) is 15.2. The summed E-state index contributed by atoms with van der Waals surface area (Å²) in [5.74, 6) is 0.500. The zero-order chi connectivity index (χ0) is 19.3. The molecule has 0 saturated carbocycles. The van der Waals surface area contributed by atoms with E-state index in [1.165, 1.54) is 18.4 Å². The van der Waals surface area contributed by atoms with Crippen LogP contribution in [0.3, 0.4) is 0 Å². The van der Waals surface area contributed by atoms with E-state index in [1.54, 1.807) is 30.5 Å². The number of nitrogens with zero attached hydrogens (tertiary/aromatic N) is 4. The number of hydrogen-bond acceptors (Lipinski definition) is 8. The lowest BCUT2D eigenvalue weighted by Gasteiger charge is -2.14. The predicted molar refractivity (Wildman–Crippen MR) is 106 cm³/mol. The fourth-order valence-electron chi connectivity index (χ4n) is 3.41. The van der Waals surface area contributed by atoms with Crippen molar-refractivity contribution in [1.29, 1.82) is 0 Å². The molecule has 0 amide bonds. The second kappa shape index (κ2) is 8.03. The molecule has 0 radical (unpaired) electrons. The van der Waals surface area contributed by atoms with Gasteiger partial charge in [-0.3, -0.25) is 10.1 Å². The van der Waals surface area contributed by atoms with Gasteiger partial charge in [0.1, 0.15) is 11.5 Å². The van der Waals surface area contributed by atoms with Crippen molar-refractivity contribution in [2.24, 2.45) is 0 Å². The summed E-state index contributed by atoms with van der Waals surface area (Å²) in [6.07, 6.45) is 9.61. The molecule has 1 aliphatic carbocycles. The Morgan fingerprint density at radius 3 is 2.82 bits per heavy atom. The Balaban J connectivity index is 1.64.